The van der Waals surface area contributed by atoms with Gasteiger partial charge >= 0.3 is 0 Å². The van der Waals surface area contributed by atoms with Crippen LogP contribution in [0.2, 0.25) is 10.0 Å². The normalized spacial score (nSPS) is 14.9. The van der Waals surface area contributed by atoms with E-state index in [1.807, 2.05) is 24.3 Å². The van der Waals surface area contributed by atoms with E-state index in [1.54, 1.807) is 36.4 Å². The molecule has 1 heterocycles. The molecule has 3 aromatic rings. The van der Waals surface area contributed by atoms with Gasteiger partial charge in [-0.2, -0.15) is 0 Å². The summed E-state index contributed by atoms with van der Waals surface area (Å²) in [4.78, 5) is 9.21. The van der Waals surface area contributed by atoms with Crippen molar-refractivity contribution in [1.82, 2.24) is 0 Å². The molecule has 27 heavy (non-hydrogen) atoms. The summed E-state index contributed by atoms with van der Waals surface area (Å²) in [5, 5.41) is 4.37. The number of para-hydroxylation sites is 1. The minimum absolute atomic E-state index is 0.251. The lowest BCUT2D eigenvalue weighted by Crippen LogP contribution is -2.14. The van der Waals surface area contributed by atoms with E-state index in [0.29, 0.717) is 32.8 Å². The molecule has 1 aliphatic heterocycles. The molecule has 134 valence electrons. The van der Waals surface area contributed by atoms with Gasteiger partial charge in [0.1, 0.15) is 11.7 Å². The number of nitrogens with zero attached hydrogens (tertiary/aromatic N) is 2. The molecule has 3 aromatic carbocycles. The number of hydrogen-bond acceptors (Lipinski definition) is 2. The van der Waals surface area contributed by atoms with Crippen molar-refractivity contribution in [1.29, 1.82) is 0 Å². The molecule has 0 aromatic heterocycles. The van der Waals surface area contributed by atoms with Gasteiger partial charge in [0.15, 0.2) is 0 Å². The fourth-order valence-corrected chi connectivity index (χ4v) is 3.24. The van der Waals surface area contributed by atoms with E-state index in [2.05, 4.69) is 15.3 Å². The van der Waals surface area contributed by atoms with Crippen molar-refractivity contribution in [3.05, 3.63) is 93.7 Å². The highest BCUT2D eigenvalue weighted by molar-refractivity contribution is 6.33. The SMILES string of the molecule is Fc1ccccc1C1=NCC(=Nc2ccccc2Cl)Nc2ccc(Cl)cc21. The van der Waals surface area contributed by atoms with Gasteiger partial charge in [0.2, 0.25) is 0 Å². The van der Waals surface area contributed by atoms with Crippen molar-refractivity contribution in [3.8, 4) is 0 Å². The van der Waals surface area contributed by atoms with E-state index >= 15 is 0 Å². The molecule has 0 bridgehead atoms. The molecule has 6 heteroatoms. The Hall–Kier alpha value is -2.69. The third-order valence-electron chi connectivity index (χ3n) is 4.14. The van der Waals surface area contributed by atoms with Crippen LogP contribution in [0.25, 0.3) is 0 Å². The van der Waals surface area contributed by atoms with Crippen LogP contribution in [-0.2, 0) is 0 Å². The van der Waals surface area contributed by atoms with Crippen molar-refractivity contribution < 1.29 is 4.39 Å². The van der Waals surface area contributed by atoms with Crippen LogP contribution in [0.15, 0.2) is 76.7 Å². The Bertz CT molecular complexity index is 1080. The van der Waals surface area contributed by atoms with Crippen molar-refractivity contribution >= 4 is 46.1 Å². The molecular weight excluding hydrogens is 384 g/mol. The van der Waals surface area contributed by atoms with Crippen molar-refractivity contribution in [3.63, 3.8) is 0 Å². The molecular formula is C21H14Cl2FN3. The number of hydrogen-bond donors (Lipinski definition) is 1. The molecule has 1 aliphatic rings. The minimum Gasteiger partial charge on any atom is -0.342 e. The molecule has 0 aliphatic carbocycles. The Morgan fingerprint density at radius 3 is 2.52 bits per heavy atom. The maximum absolute atomic E-state index is 14.4. The number of fused-ring (bicyclic) bond motifs is 1. The first-order valence-corrected chi connectivity index (χ1v) is 9.06. The van der Waals surface area contributed by atoms with Gasteiger partial charge in [-0.1, -0.05) is 47.5 Å². The van der Waals surface area contributed by atoms with Gasteiger partial charge in [-0.05, 0) is 42.5 Å². The van der Waals surface area contributed by atoms with Gasteiger partial charge < -0.3 is 5.32 Å². The van der Waals surface area contributed by atoms with Crippen LogP contribution in [0.1, 0.15) is 11.1 Å². The lowest BCUT2D eigenvalue weighted by Gasteiger charge is -2.12. The molecule has 0 saturated carbocycles. The Morgan fingerprint density at radius 1 is 0.926 bits per heavy atom. The van der Waals surface area contributed by atoms with Gasteiger partial charge in [0.25, 0.3) is 0 Å². The van der Waals surface area contributed by atoms with E-state index in [9.17, 15) is 4.39 Å². The summed E-state index contributed by atoms with van der Waals surface area (Å²) < 4.78 is 14.4. The number of nitrogens with one attached hydrogen (secondary N) is 1. The number of anilines is 1. The van der Waals surface area contributed by atoms with E-state index in [4.69, 9.17) is 23.2 Å². The first kappa shape index (κ1) is 17.7. The number of rotatable bonds is 2. The third kappa shape index (κ3) is 3.72. The van der Waals surface area contributed by atoms with E-state index in [0.717, 1.165) is 11.3 Å². The smallest absolute Gasteiger partial charge is 0.132 e. The lowest BCUT2D eigenvalue weighted by atomic mass is 10.00. The highest BCUT2D eigenvalue weighted by Gasteiger charge is 2.20. The molecule has 0 radical (unpaired) electrons. The van der Waals surface area contributed by atoms with E-state index in [-0.39, 0.29) is 12.4 Å². The van der Waals surface area contributed by atoms with Gasteiger partial charge in [-0.3, -0.25) is 4.99 Å². The zero-order chi connectivity index (χ0) is 18.8. The summed E-state index contributed by atoms with van der Waals surface area (Å²) in [6.45, 7) is 0.251. The minimum atomic E-state index is -0.339. The van der Waals surface area contributed by atoms with Crippen LogP contribution < -0.4 is 5.32 Å². The fourth-order valence-electron chi connectivity index (χ4n) is 2.89. The largest absolute Gasteiger partial charge is 0.342 e. The highest BCUT2D eigenvalue weighted by Crippen LogP contribution is 2.29. The maximum Gasteiger partial charge on any atom is 0.132 e. The van der Waals surface area contributed by atoms with Crippen LogP contribution in [0.4, 0.5) is 15.8 Å². The molecule has 0 fully saturated rings. The van der Waals surface area contributed by atoms with Crippen LogP contribution in [0, 0.1) is 5.82 Å². The number of benzodiazepines with no additional fused rings is 1. The number of halogens is 3. The topological polar surface area (TPSA) is 36.8 Å². The highest BCUT2D eigenvalue weighted by atomic mass is 35.5. The zero-order valence-electron chi connectivity index (χ0n) is 14.1. The van der Waals surface area contributed by atoms with Gasteiger partial charge in [-0.25, -0.2) is 9.38 Å². The van der Waals surface area contributed by atoms with Gasteiger partial charge in [0, 0.05) is 21.8 Å². The molecule has 0 atom stereocenters. The summed E-state index contributed by atoms with van der Waals surface area (Å²) in [5.41, 5.74) is 3.06. The van der Waals surface area contributed by atoms with Crippen LogP contribution in [0.3, 0.4) is 0 Å². The molecule has 0 saturated heterocycles. The van der Waals surface area contributed by atoms with E-state index in [1.165, 1.54) is 6.07 Å². The standard InChI is InChI=1S/C21H14Cl2FN3/c22-13-9-10-18-15(11-13)21(14-5-1-3-7-17(14)24)25-12-20(26-18)27-19-8-4-2-6-16(19)23/h1-11H,12H2,(H,26,27). The first-order chi connectivity index (χ1) is 13.1. The number of benzene rings is 3. The predicted octanol–water partition coefficient (Wildman–Crippen LogP) is 6.13. The maximum atomic E-state index is 14.4. The number of aliphatic imine (C=N–C) groups is 2. The average Bonchev–Trinajstić information content (AvgIpc) is 2.83. The van der Waals surface area contributed by atoms with Gasteiger partial charge in [-0.15, -0.1) is 0 Å². The van der Waals surface area contributed by atoms with Crippen LogP contribution in [-0.4, -0.2) is 18.1 Å². The second-order valence-electron chi connectivity index (χ2n) is 5.97. The Kier molecular flexibility index (Phi) is 4.92. The molecule has 3 nitrogen and oxygen atoms in total. The quantitative estimate of drug-likeness (QED) is 0.554. The second kappa shape index (κ2) is 7.51. The predicted molar refractivity (Wildman–Crippen MR) is 111 cm³/mol. The zero-order valence-corrected chi connectivity index (χ0v) is 15.6. The molecule has 0 amide bonds. The van der Waals surface area contributed by atoms with Crippen LogP contribution in [0.5, 0.6) is 0 Å². The summed E-state index contributed by atoms with van der Waals surface area (Å²) in [6.07, 6.45) is 0. The monoisotopic (exact) mass is 397 g/mol. The lowest BCUT2D eigenvalue weighted by molar-refractivity contribution is 0.625. The first-order valence-electron chi connectivity index (χ1n) is 8.30. The fraction of sp³-hybridized carbons (Fsp3) is 0.0476. The average molecular weight is 398 g/mol. The van der Waals surface area contributed by atoms with Gasteiger partial charge in [0.05, 0.1) is 23.0 Å². The summed E-state index contributed by atoms with van der Waals surface area (Å²) in [6, 6.07) is 19.2. The number of amidine groups is 1. The van der Waals surface area contributed by atoms with Crippen LogP contribution >= 0.6 is 23.2 Å². The Labute approximate surface area is 166 Å². The summed E-state index contributed by atoms with van der Waals surface area (Å²) in [7, 11) is 0. The van der Waals surface area contributed by atoms with Crippen molar-refractivity contribution in [2.24, 2.45) is 9.98 Å². The van der Waals surface area contributed by atoms with Crippen molar-refractivity contribution in [2.75, 3.05) is 11.9 Å². The summed E-state index contributed by atoms with van der Waals surface area (Å²) in [5.74, 6) is 0.270. The molecule has 0 unspecified atom stereocenters. The molecule has 0 spiro atoms. The third-order valence-corrected chi connectivity index (χ3v) is 4.69. The summed E-state index contributed by atoms with van der Waals surface area (Å²) >= 11 is 12.4. The Morgan fingerprint density at radius 2 is 1.70 bits per heavy atom. The van der Waals surface area contributed by atoms with E-state index < -0.39 is 0 Å². The van der Waals surface area contributed by atoms with Crippen molar-refractivity contribution in [2.45, 2.75) is 0 Å². The Balaban J connectivity index is 1.85. The molecule has 4 rings (SSSR count). The second-order valence-corrected chi connectivity index (χ2v) is 6.81. The molecule has 1 N–H and O–H groups in total.